The lowest BCUT2D eigenvalue weighted by Gasteiger charge is -2.43. The molecule has 1 aliphatic rings. The van der Waals surface area contributed by atoms with Gasteiger partial charge in [0, 0.05) is 27.7 Å². The molecule has 0 bridgehead atoms. The van der Waals surface area contributed by atoms with Crippen LogP contribution in [0.2, 0.25) is 0 Å². The quantitative estimate of drug-likeness (QED) is 0.384. The first kappa shape index (κ1) is 20.2. The van der Waals surface area contributed by atoms with E-state index < -0.39 is 53.6 Å². The van der Waals surface area contributed by atoms with E-state index in [1.807, 2.05) is 0 Å². The average Bonchev–Trinajstić information content (AvgIpc) is 2.42. The number of carbonyl (C=O) groups excluding carboxylic acids is 4. The first-order valence-corrected chi connectivity index (χ1v) is 7.72. The van der Waals surface area contributed by atoms with Crippen molar-refractivity contribution < 1.29 is 38.1 Å². The zero-order valence-corrected chi connectivity index (χ0v) is 14.7. The smallest absolute Gasteiger partial charge is 0.303 e. The normalized spacial score (nSPS) is 29.3. The number of ether oxygens (including phenoxy) is 4. The highest BCUT2D eigenvalue weighted by molar-refractivity contribution is 7.80. The zero-order chi connectivity index (χ0) is 18.4. The maximum atomic E-state index is 11.4. The average molecular weight is 363 g/mol. The van der Waals surface area contributed by atoms with Crippen molar-refractivity contribution in [3.8, 4) is 0 Å². The number of amides is 1. The van der Waals surface area contributed by atoms with E-state index in [0.717, 1.165) is 0 Å². The number of carbonyl (C=O) groups is 4. The van der Waals surface area contributed by atoms with Gasteiger partial charge < -0.3 is 24.3 Å². The Balaban J connectivity index is 3.11. The van der Waals surface area contributed by atoms with Crippen LogP contribution in [0, 0.1) is 0 Å². The molecule has 1 fully saturated rings. The second kappa shape index (κ2) is 8.88. The zero-order valence-electron chi connectivity index (χ0n) is 13.8. The summed E-state index contributed by atoms with van der Waals surface area (Å²) in [5, 5.41) is 2.56. The summed E-state index contributed by atoms with van der Waals surface area (Å²) in [6.45, 7) is 4.62. The Morgan fingerprint density at radius 1 is 0.958 bits per heavy atom. The number of esters is 3. The fourth-order valence-electron chi connectivity index (χ4n) is 2.31. The molecule has 1 N–H and O–H groups in total. The number of hydrogen-bond donors (Lipinski definition) is 2. The minimum atomic E-state index is -1.08. The molecular weight excluding hydrogens is 342 g/mol. The molecule has 136 valence electrons. The molecule has 0 unspecified atom stereocenters. The molecule has 0 aromatic rings. The van der Waals surface area contributed by atoms with Crippen molar-refractivity contribution in [2.75, 3.05) is 6.61 Å². The number of nitrogens with one attached hydrogen (secondary N) is 1. The van der Waals surface area contributed by atoms with Crippen LogP contribution >= 0.6 is 12.6 Å². The predicted molar refractivity (Wildman–Crippen MR) is 83.0 cm³/mol. The number of hydrogen-bond acceptors (Lipinski definition) is 9. The Morgan fingerprint density at radius 2 is 1.50 bits per heavy atom. The van der Waals surface area contributed by atoms with Crippen LogP contribution in [0.3, 0.4) is 0 Å². The Hall–Kier alpha value is -1.81. The van der Waals surface area contributed by atoms with E-state index in [1.165, 1.54) is 27.7 Å². The first-order valence-electron chi connectivity index (χ1n) is 7.20. The minimum absolute atomic E-state index is 0.227. The van der Waals surface area contributed by atoms with Gasteiger partial charge in [0.25, 0.3) is 0 Å². The van der Waals surface area contributed by atoms with Gasteiger partial charge in [-0.3, -0.25) is 19.2 Å². The predicted octanol–water partition coefficient (Wildman–Crippen LogP) is -0.428. The van der Waals surface area contributed by atoms with Crippen molar-refractivity contribution in [3.63, 3.8) is 0 Å². The van der Waals surface area contributed by atoms with Crippen LogP contribution in [-0.4, -0.2) is 60.2 Å². The maximum absolute atomic E-state index is 11.4. The van der Waals surface area contributed by atoms with Crippen LogP contribution in [0.25, 0.3) is 0 Å². The highest BCUT2D eigenvalue weighted by Gasteiger charge is 2.49. The van der Waals surface area contributed by atoms with E-state index in [0.29, 0.717) is 0 Å². The van der Waals surface area contributed by atoms with Crippen LogP contribution in [-0.2, 0) is 38.1 Å². The van der Waals surface area contributed by atoms with Gasteiger partial charge in [0.15, 0.2) is 12.2 Å². The van der Waals surface area contributed by atoms with Gasteiger partial charge in [-0.1, -0.05) is 0 Å². The molecule has 0 radical (unpaired) electrons. The third-order valence-electron chi connectivity index (χ3n) is 3.09. The lowest BCUT2D eigenvalue weighted by Crippen LogP contribution is -2.64. The van der Waals surface area contributed by atoms with Crippen molar-refractivity contribution in [2.45, 2.75) is 57.5 Å². The van der Waals surface area contributed by atoms with E-state index in [9.17, 15) is 19.2 Å². The number of rotatable bonds is 5. The van der Waals surface area contributed by atoms with Crippen LogP contribution < -0.4 is 5.32 Å². The standard InChI is InChI=1S/C14H21NO8S/c1-6(16)15-11-13(22-9(4)19)12(21-8(3)18)10(23-14(11)24)5-20-7(2)17/h10-14,24H,5H2,1-4H3,(H,15,16)/t10-,11+,12+,13-,14+/m1/s1. The summed E-state index contributed by atoms with van der Waals surface area (Å²) < 4.78 is 20.9. The van der Waals surface area contributed by atoms with E-state index in [4.69, 9.17) is 18.9 Å². The van der Waals surface area contributed by atoms with Gasteiger partial charge in [-0.2, -0.15) is 0 Å². The summed E-state index contributed by atoms with van der Waals surface area (Å²) in [6, 6.07) is -0.854. The van der Waals surface area contributed by atoms with E-state index in [2.05, 4.69) is 17.9 Å². The monoisotopic (exact) mass is 363 g/mol. The lowest BCUT2D eigenvalue weighted by molar-refractivity contribution is -0.211. The molecule has 1 heterocycles. The molecule has 24 heavy (non-hydrogen) atoms. The molecule has 0 aromatic heterocycles. The number of thiol groups is 1. The van der Waals surface area contributed by atoms with Gasteiger partial charge in [-0.15, -0.1) is 12.6 Å². The van der Waals surface area contributed by atoms with Crippen molar-refractivity contribution in [1.29, 1.82) is 0 Å². The molecule has 1 amide bonds. The largest absolute Gasteiger partial charge is 0.463 e. The van der Waals surface area contributed by atoms with Gasteiger partial charge in [0.2, 0.25) is 5.91 Å². The van der Waals surface area contributed by atoms with Gasteiger partial charge in [0.1, 0.15) is 24.2 Å². The third kappa shape index (κ3) is 6.00. The third-order valence-corrected chi connectivity index (χ3v) is 3.53. The van der Waals surface area contributed by atoms with Gasteiger partial charge in [-0.25, -0.2) is 0 Å². The highest BCUT2D eigenvalue weighted by atomic mass is 32.1. The topological polar surface area (TPSA) is 117 Å². The van der Waals surface area contributed by atoms with Crippen LogP contribution in [0.15, 0.2) is 0 Å². The summed E-state index contributed by atoms with van der Waals surface area (Å²) in [7, 11) is 0. The summed E-state index contributed by atoms with van der Waals surface area (Å²) in [4.78, 5) is 45.2. The molecule has 10 heteroatoms. The maximum Gasteiger partial charge on any atom is 0.303 e. The first-order chi connectivity index (χ1) is 11.1. The van der Waals surface area contributed by atoms with E-state index in [1.54, 1.807) is 0 Å². The summed E-state index contributed by atoms with van der Waals surface area (Å²) in [5.74, 6) is -2.24. The van der Waals surface area contributed by atoms with Crippen molar-refractivity contribution >= 4 is 36.4 Å². The molecule has 0 saturated carbocycles. The molecule has 0 aromatic carbocycles. The molecule has 5 atom stereocenters. The Bertz CT molecular complexity index is 511. The summed E-state index contributed by atoms with van der Waals surface area (Å²) in [6.07, 6.45) is -3.03. The molecular formula is C14H21NO8S. The van der Waals surface area contributed by atoms with Crippen molar-refractivity contribution in [3.05, 3.63) is 0 Å². The summed E-state index contributed by atoms with van der Waals surface area (Å²) >= 11 is 4.24. The molecule has 1 rings (SSSR count). The Kier molecular flexibility index (Phi) is 7.49. The lowest BCUT2D eigenvalue weighted by atomic mass is 9.97. The second-order valence-electron chi connectivity index (χ2n) is 5.24. The molecule has 9 nitrogen and oxygen atoms in total. The van der Waals surface area contributed by atoms with Crippen molar-refractivity contribution in [2.24, 2.45) is 0 Å². The van der Waals surface area contributed by atoms with E-state index >= 15 is 0 Å². The van der Waals surface area contributed by atoms with Gasteiger partial charge >= 0.3 is 17.9 Å². The fraction of sp³-hybridized carbons (Fsp3) is 0.714. The van der Waals surface area contributed by atoms with Gasteiger partial charge in [-0.05, 0) is 0 Å². The molecule has 1 aliphatic heterocycles. The molecule has 0 spiro atoms. The van der Waals surface area contributed by atoms with Crippen molar-refractivity contribution in [1.82, 2.24) is 5.32 Å². The Labute approximate surface area is 144 Å². The minimum Gasteiger partial charge on any atom is -0.463 e. The van der Waals surface area contributed by atoms with Crippen LogP contribution in [0.5, 0.6) is 0 Å². The SMILES string of the molecule is CC(=O)N[C@H]1[C@@H](OC(C)=O)[C@@H](OC(C)=O)[C@@H](COC(C)=O)O[C@H]1S. The highest BCUT2D eigenvalue weighted by Crippen LogP contribution is 2.28. The van der Waals surface area contributed by atoms with E-state index in [-0.39, 0.29) is 6.61 Å². The van der Waals surface area contributed by atoms with Gasteiger partial charge in [0.05, 0.1) is 0 Å². The van der Waals surface area contributed by atoms with Crippen LogP contribution in [0.1, 0.15) is 27.7 Å². The second-order valence-corrected chi connectivity index (χ2v) is 5.75. The summed E-state index contributed by atoms with van der Waals surface area (Å²) in [5.41, 5.74) is -0.870. The van der Waals surface area contributed by atoms with Crippen LogP contribution in [0.4, 0.5) is 0 Å². The molecule has 1 saturated heterocycles. The Morgan fingerprint density at radius 3 is 1.96 bits per heavy atom. The molecule has 0 aliphatic carbocycles. The fourth-order valence-corrected chi connectivity index (χ4v) is 2.71.